The van der Waals surface area contributed by atoms with Crippen LogP contribution in [0.5, 0.6) is 0 Å². The zero-order valence-electron chi connectivity index (χ0n) is 5.22. The van der Waals surface area contributed by atoms with Crippen molar-refractivity contribution in [3.8, 4) is 0 Å². The van der Waals surface area contributed by atoms with Crippen LogP contribution in [0.1, 0.15) is 19.8 Å². The first-order chi connectivity index (χ1) is 4.00. The highest BCUT2D eigenvalue weighted by Gasteiger charge is 2.31. The number of carboxylic acids is 1. The molecule has 0 aliphatic rings. The van der Waals surface area contributed by atoms with Gasteiger partial charge in [0, 0.05) is 6.42 Å². The van der Waals surface area contributed by atoms with Gasteiger partial charge in [-0.2, -0.15) is 0 Å². The van der Waals surface area contributed by atoms with E-state index in [1.54, 1.807) is 6.92 Å². The maximum atomic E-state index is 12.4. The van der Waals surface area contributed by atoms with Crippen molar-refractivity contribution in [1.29, 1.82) is 0 Å². The highest BCUT2D eigenvalue weighted by atomic mass is 19.1. The summed E-state index contributed by atoms with van der Waals surface area (Å²) in [5.41, 5.74) is 4.70. The van der Waals surface area contributed by atoms with Gasteiger partial charge in [-0.15, -0.1) is 0 Å². The van der Waals surface area contributed by atoms with E-state index in [2.05, 4.69) is 0 Å². The van der Waals surface area contributed by atoms with E-state index in [4.69, 9.17) is 10.8 Å². The van der Waals surface area contributed by atoms with Crippen LogP contribution in [0.25, 0.3) is 0 Å². The van der Waals surface area contributed by atoms with Crippen LogP contribution in [-0.2, 0) is 4.79 Å². The molecule has 0 aromatic carbocycles. The Morgan fingerprint density at radius 1 is 1.89 bits per heavy atom. The van der Waals surface area contributed by atoms with Crippen molar-refractivity contribution >= 4 is 5.97 Å². The molecule has 0 amide bonds. The summed E-state index contributed by atoms with van der Waals surface area (Å²) in [6, 6.07) is 0. The predicted molar refractivity (Wildman–Crippen MR) is 30.6 cm³/mol. The van der Waals surface area contributed by atoms with Crippen molar-refractivity contribution in [2.75, 3.05) is 0 Å². The van der Waals surface area contributed by atoms with Crippen molar-refractivity contribution in [3.05, 3.63) is 0 Å². The minimum Gasteiger partial charge on any atom is -0.478 e. The van der Waals surface area contributed by atoms with Gasteiger partial charge in [-0.25, -0.2) is 9.18 Å². The Balaban J connectivity index is 3.85. The van der Waals surface area contributed by atoms with Crippen molar-refractivity contribution in [2.24, 2.45) is 5.73 Å². The minimum atomic E-state index is -2.53. The van der Waals surface area contributed by atoms with Gasteiger partial charge in [0.1, 0.15) is 0 Å². The number of rotatable bonds is 3. The maximum absolute atomic E-state index is 12.4. The standard InChI is InChI=1S/C5H10FNO2/c1-2-3-5(6,7)4(8)9/h2-3,7H2,1H3,(H,8,9)/t5-/m0/s1. The Morgan fingerprint density at radius 3 is 2.44 bits per heavy atom. The summed E-state index contributed by atoms with van der Waals surface area (Å²) in [5, 5.41) is 8.07. The molecule has 9 heavy (non-hydrogen) atoms. The Morgan fingerprint density at radius 2 is 2.33 bits per heavy atom. The van der Waals surface area contributed by atoms with Crippen molar-refractivity contribution in [1.82, 2.24) is 0 Å². The molecule has 0 aliphatic carbocycles. The normalized spacial score (nSPS) is 16.8. The SMILES string of the molecule is CCC[C@@](N)(F)C(=O)O. The average Bonchev–Trinajstić information content (AvgIpc) is 1.65. The van der Waals surface area contributed by atoms with Crippen molar-refractivity contribution in [2.45, 2.75) is 25.6 Å². The molecule has 0 fully saturated rings. The van der Waals surface area contributed by atoms with E-state index >= 15 is 0 Å². The Bertz CT molecular complexity index is 114. The zero-order chi connectivity index (χ0) is 7.49. The number of halogens is 1. The molecule has 3 N–H and O–H groups in total. The lowest BCUT2D eigenvalue weighted by Gasteiger charge is -2.11. The molecule has 0 spiro atoms. The molecule has 0 saturated heterocycles. The fourth-order valence-corrected chi connectivity index (χ4v) is 0.471. The fourth-order valence-electron chi connectivity index (χ4n) is 0.471. The van der Waals surface area contributed by atoms with E-state index in [0.29, 0.717) is 6.42 Å². The summed E-state index contributed by atoms with van der Waals surface area (Å²) < 4.78 is 12.4. The third kappa shape index (κ3) is 2.41. The van der Waals surface area contributed by atoms with E-state index in [0.717, 1.165) is 0 Å². The topological polar surface area (TPSA) is 63.3 Å². The molecular formula is C5H10FNO2. The molecule has 0 bridgehead atoms. The fraction of sp³-hybridized carbons (Fsp3) is 0.800. The average molecular weight is 135 g/mol. The number of hydrogen-bond acceptors (Lipinski definition) is 2. The first-order valence-corrected chi connectivity index (χ1v) is 2.72. The van der Waals surface area contributed by atoms with Gasteiger partial charge in [0.25, 0.3) is 5.79 Å². The van der Waals surface area contributed by atoms with Crippen LogP contribution in [-0.4, -0.2) is 16.9 Å². The van der Waals surface area contributed by atoms with E-state index in [1.807, 2.05) is 0 Å². The predicted octanol–water partition coefficient (Wildman–Crippen LogP) is 0.496. The first-order valence-electron chi connectivity index (χ1n) is 2.72. The number of carbonyl (C=O) groups is 1. The lowest BCUT2D eigenvalue weighted by Crippen LogP contribution is -2.42. The number of hydrogen-bond donors (Lipinski definition) is 2. The van der Waals surface area contributed by atoms with Crippen LogP contribution in [0.15, 0.2) is 0 Å². The van der Waals surface area contributed by atoms with Crippen LogP contribution in [0.3, 0.4) is 0 Å². The van der Waals surface area contributed by atoms with Crippen molar-refractivity contribution < 1.29 is 14.3 Å². The van der Waals surface area contributed by atoms with E-state index in [-0.39, 0.29) is 6.42 Å². The summed E-state index contributed by atoms with van der Waals surface area (Å²) in [4.78, 5) is 9.91. The van der Waals surface area contributed by atoms with E-state index in [1.165, 1.54) is 0 Å². The summed E-state index contributed by atoms with van der Waals surface area (Å²) in [7, 11) is 0. The third-order valence-corrected chi connectivity index (χ3v) is 0.969. The van der Waals surface area contributed by atoms with Gasteiger partial charge in [-0.3, -0.25) is 5.73 Å². The van der Waals surface area contributed by atoms with Gasteiger partial charge in [0.05, 0.1) is 0 Å². The van der Waals surface area contributed by atoms with Gasteiger partial charge >= 0.3 is 5.97 Å². The molecule has 0 radical (unpaired) electrons. The van der Waals surface area contributed by atoms with Gasteiger partial charge in [-0.05, 0) is 0 Å². The minimum absolute atomic E-state index is 0.137. The van der Waals surface area contributed by atoms with Crippen LogP contribution in [0.4, 0.5) is 4.39 Å². The number of carboxylic acid groups (broad SMARTS) is 1. The molecule has 0 heterocycles. The van der Waals surface area contributed by atoms with Gasteiger partial charge in [0.15, 0.2) is 0 Å². The second-order valence-electron chi connectivity index (χ2n) is 1.92. The Labute approximate surface area is 52.7 Å². The van der Waals surface area contributed by atoms with Gasteiger partial charge in [0.2, 0.25) is 0 Å². The van der Waals surface area contributed by atoms with Gasteiger partial charge < -0.3 is 5.11 Å². The number of nitrogens with two attached hydrogens (primary N) is 1. The molecule has 0 unspecified atom stereocenters. The Kier molecular flexibility index (Phi) is 2.58. The Hall–Kier alpha value is -0.640. The van der Waals surface area contributed by atoms with Gasteiger partial charge in [-0.1, -0.05) is 13.3 Å². The molecule has 54 valence electrons. The molecule has 1 atom stereocenters. The molecule has 0 aromatic rings. The molecule has 4 heteroatoms. The summed E-state index contributed by atoms with van der Waals surface area (Å²) in [6.45, 7) is 1.67. The quantitative estimate of drug-likeness (QED) is 0.554. The number of aliphatic carboxylic acids is 1. The van der Waals surface area contributed by atoms with Crippen LogP contribution in [0, 0.1) is 0 Å². The highest BCUT2D eigenvalue weighted by Crippen LogP contribution is 2.10. The van der Waals surface area contributed by atoms with E-state index < -0.39 is 11.8 Å². The van der Waals surface area contributed by atoms with Crippen LogP contribution in [0.2, 0.25) is 0 Å². The summed E-state index contributed by atoms with van der Waals surface area (Å²) >= 11 is 0. The molecule has 3 nitrogen and oxygen atoms in total. The molecule has 0 aliphatic heterocycles. The summed E-state index contributed by atoms with van der Waals surface area (Å²) in [5.74, 6) is -4.13. The molecular weight excluding hydrogens is 125 g/mol. The molecule has 0 saturated carbocycles. The monoisotopic (exact) mass is 135 g/mol. The smallest absolute Gasteiger partial charge is 0.356 e. The lowest BCUT2D eigenvalue weighted by molar-refractivity contribution is -0.151. The first kappa shape index (κ1) is 8.36. The largest absolute Gasteiger partial charge is 0.478 e. The molecule has 0 aromatic heterocycles. The second-order valence-corrected chi connectivity index (χ2v) is 1.92. The highest BCUT2D eigenvalue weighted by molar-refractivity contribution is 5.76. The van der Waals surface area contributed by atoms with Crippen LogP contribution < -0.4 is 5.73 Å². The van der Waals surface area contributed by atoms with Crippen LogP contribution >= 0.6 is 0 Å². The number of alkyl halides is 1. The maximum Gasteiger partial charge on any atom is 0.356 e. The molecule has 0 rings (SSSR count). The summed E-state index contributed by atoms with van der Waals surface area (Å²) in [6.07, 6.45) is 0.293. The third-order valence-electron chi connectivity index (χ3n) is 0.969. The lowest BCUT2D eigenvalue weighted by atomic mass is 10.1. The zero-order valence-corrected chi connectivity index (χ0v) is 5.22. The van der Waals surface area contributed by atoms with E-state index in [9.17, 15) is 9.18 Å². The van der Waals surface area contributed by atoms with Crippen molar-refractivity contribution in [3.63, 3.8) is 0 Å². The second kappa shape index (κ2) is 2.77.